The van der Waals surface area contributed by atoms with Gasteiger partial charge in [-0.25, -0.2) is 4.57 Å². The molecular formula is C80H149N8O30P. The molecule has 18 N–H and O–H groups in total. The van der Waals surface area contributed by atoms with Crippen LogP contribution in [0.15, 0.2) is 0 Å². The van der Waals surface area contributed by atoms with E-state index in [1.165, 1.54) is 20.8 Å². The maximum absolute atomic E-state index is 14.4. The molecule has 694 valence electrons. The highest BCUT2D eigenvalue weighted by Crippen LogP contribution is 2.49. The first kappa shape index (κ1) is 108. The molecule has 22 unspecified atom stereocenters. The van der Waals surface area contributed by atoms with Crippen LogP contribution in [0.4, 0.5) is 0 Å². The maximum atomic E-state index is 14.4. The Bertz CT molecular complexity index is 2960. The van der Waals surface area contributed by atoms with Crippen LogP contribution in [0.25, 0.3) is 0 Å². The molecule has 0 radical (unpaired) electrons. The fourth-order valence-electron chi connectivity index (χ4n) is 14.7. The van der Waals surface area contributed by atoms with E-state index in [9.17, 15) is 93.8 Å². The summed E-state index contributed by atoms with van der Waals surface area (Å²) in [4.78, 5) is 115. The normalized spacial score (nSPS) is 26.3. The summed E-state index contributed by atoms with van der Waals surface area (Å²) in [7, 11) is -4.38. The highest BCUT2D eigenvalue weighted by molar-refractivity contribution is 7.47. The summed E-state index contributed by atoms with van der Waals surface area (Å²) in [5, 5.41) is 116. The lowest BCUT2D eigenvalue weighted by molar-refractivity contribution is -0.273. The van der Waals surface area contributed by atoms with E-state index < -0.39 is 165 Å². The molecule has 3 aliphatic rings. The van der Waals surface area contributed by atoms with Gasteiger partial charge in [0.15, 0.2) is 18.9 Å². The maximum Gasteiger partial charge on any atom is 0.472 e. The van der Waals surface area contributed by atoms with Crippen molar-refractivity contribution in [1.29, 1.82) is 0 Å². The van der Waals surface area contributed by atoms with Crippen molar-refractivity contribution in [3.8, 4) is 0 Å². The van der Waals surface area contributed by atoms with Crippen molar-refractivity contribution in [3.05, 3.63) is 0 Å². The second-order valence-electron chi connectivity index (χ2n) is 35.0. The number of ether oxygens (including phenoxy) is 9. The second kappa shape index (κ2) is 54.1. The van der Waals surface area contributed by atoms with Crippen LogP contribution in [0.2, 0.25) is 0 Å². The van der Waals surface area contributed by atoms with E-state index in [4.69, 9.17) is 51.7 Å². The van der Waals surface area contributed by atoms with Crippen molar-refractivity contribution < 1.29 is 145 Å². The summed E-state index contributed by atoms with van der Waals surface area (Å²) in [5.74, 6) is -3.97. The van der Waals surface area contributed by atoms with Crippen LogP contribution in [0.5, 0.6) is 0 Å². The van der Waals surface area contributed by atoms with Gasteiger partial charge in [0.05, 0.1) is 91.5 Å². The van der Waals surface area contributed by atoms with E-state index in [1.54, 1.807) is 20.8 Å². The number of nitrogens with one attached hydrogen (secondary N) is 8. The Balaban J connectivity index is 1.85. The van der Waals surface area contributed by atoms with Crippen LogP contribution in [-0.4, -0.2) is 313 Å². The van der Waals surface area contributed by atoms with Crippen molar-refractivity contribution in [2.24, 2.45) is 46.3 Å². The number of aliphatic hydroxyl groups is 9. The zero-order chi connectivity index (χ0) is 89.6. The van der Waals surface area contributed by atoms with E-state index in [1.807, 2.05) is 69.2 Å². The average molecular weight is 1730 g/mol. The third-order valence-electron chi connectivity index (χ3n) is 21.0. The van der Waals surface area contributed by atoms with Crippen molar-refractivity contribution in [2.75, 3.05) is 112 Å². The number of carbonyl (C=O) groups excluding carboxylic acids is 8. The SMILES string of the molecule is CCC(CNC(=O)CCOCC(COCCC(=O)NCC(CC)CC(C)COC1OC(CO)C(O)C(O)C1NC(C)=O)(COCCC(=O)NCC(CC)CC(CC)COC1OC(CO)C(O)C(O)C1NC(C)=O)NC(=O)CCCC(=O)NCC(C)(C)CC(C)(C)COP(=O)(O)OC(C)(C)C)CC(C)COC1OC(CO)C(O)C(O)C1NC(C)=O. The molecule has 22 atom stereocenters. The molecule has 3 aliphatic heterocycles. The number of hydrogen-bond acceptors (Lipinski definition) is 29. The molecule has 0 aromatic rings. The van der Waals surface area contributed by atoms with Crippen molar-refractivity contribution in [1.82, 2.24) is 42.5 Å². The van der Waals surface area contributed by atoms with Crippen molar-refractivity contribution in [3.63, 3.8) is 0 Å². The van der Waals surface area contributed by atoms with Crippen LogP contribution < -0.4 is 42.5 Å². The molecule has 119 heavy (non-hydrogen) atoms. The van der Waals surface area contributed by atoms with E-state index in [0.717, 1.165) is 0 Å². The molecule has 0 spiro atoms. The molecule has 3 saturated heterocycles. The molecule has 0 saturated carbocycles. The van der Waals surface area contributed by atoms with Gasteiger partial charge in [0.2, 0.25) is 47.3 Å². The fraction of sp³-hybridized carbons (Fsp3) is 0.900. The number of hydrogen-bond donors (Lipinski definition) is 18. The third-order valence-corrected chi connectivity index (χ3v) is 22.3. The lowest BCUT2D eigenvalue weighted by atomic mass is 9.75. The summed E-state index contributed by atoms with van der Waals surface area (Å²) in [6.07, 6.45) is -11.8. The molecule has 3 fully saturated rings. The van der Waals surface area contributed by atoms with Gasteiger partial charge >= 0.3 is 7.82 Å². The number of rotatable bonds is 59. The fourth-order valence-corrected chi connectivity index (χ4v) is 15.9. The van der Waals surface area contributed by atoms with Gasteiger partial charge in [-0.05, 0) is 99.2 Å². The van der Waals surface area contributed by atoms with Gasteiger partial charge in [0, 0.05) is 79.1 Å². The number of carbonyl (C=O) groups is 8. The van der Waals surface area contributed by atoms with Gasteiger partial charge in [-0.3, -0.25) is 47.4 Å². The lowest BCUT2D eigenvalue weighted by Gasteiger charge is -2.42. The molecule has 39 heteroatoms. The molecule has 0 bridgehead atoms. The Labute approximate surface area is 702 Å². The average Bonchev–Trinajstić information content (AvgIpc) is 0.797. The number of amides is 8. The second-order valence-corrected chi connectivity index (χ2v) is 36.4. The quantitative estimate of drug-likeness (QED) is 0.0291. The Kier molecular flexibility index (Phi) is 49.3. The first-order valence-electron chi connectivity index (χ1n) is 42.1. The monoisotopic (exact) mass is 1730 g/mol. The molecular weight excluding hydrogens is 1580 g/mol. The van der Waals surface area contributed by atoms with Crippen LogP contribution >= 0.6 is 7.82 Å². The topological polar surface area (TPSA) is 554 Å². The summed E-state index contributed by atoms with van der Waals surface area (Å²) in [6, 6.07) is -3.36. The largest absolute Gasteiger partial charge is 0.472 e. The molecule has 0 aromatic carbocycles. The minimum atomic E-state index is -4.38. The Morgan fingerprint density at radius 2 is 0.773 bits per heavy atom. The van der Waals surface area contributed by atoms with E-state index in [2.05, 4.69) is 42.5 Å². The predicted molar refractivity (Wildman–Crippen MR) is 433 cm³/mol. The molecule has 0 aliphatic carbocycles. The van der Waals surface area contributed by atoms with Crippen LogP contribution in [-0.2, 0) is 94.6 Å². The summed E-state index contributed by atoms with van der Waals surface area (Å²) >= 11 is 0. The summed E-state index contributed by atoms with van der Waals surface area (Å²) in [5.41, 5.74) is -3.65. The minimum Gasteiger partial charge on any atom is -0.394 e. The van der Waals surface area contributed by atoms with E-state index >= 15 is 0 Å². The van der Waals surface area contributed by atoms with Gasteiger partial charge in [0.25, 0.3) is 0 Å². The van der Waals surface area contributed by atoms with E-state index in [0.29, 0.717) is 51.4 Å². The van der Waals surface area contributed by atoms with Gasteiger partial charge in [0.1, 0.15) is 78.6 Å². The first-order valence-corrected chi connectivity index (χ1v) is 43.6. The lowest BCUT2D eigenvalue weighted by Crippen LogP contribution is -2.64. The summed E-state index contributed by atoms with van der Waals surface area (Å²) < 4.78 is 77.4. The predicted octanol–water partition coefficient (Wildman–Crippen LogP) is 0.499. The zero-order valence-electron chi connectivity index (χ0n) is 73.1. The molecule has 3 rings (SSSR count). The Morgan fingerprint density at radius 1 is 0.437 bits per heavy atom. The smallest absolute Gasteiger partial charge is 0.394 e. The van der Waals surface area contributed by atoms with Gasteiger partial charge < -0.3 is 136 Å². The Hall–Kier alpha value is -4.85. The molecule has 0 aromatic heterocycles. The Morgan fingerprint density at radius 3 is 1.11 bits per heavy atom. The zero-order valence-corrected chi connectivity index (χ0v) is 74.0. The summed E-state index contributed by atoms with van der Waals surface area (Å²) in [6.45, 7) is 25.8. The molecule has 38 nitrogen and oxygen atoms in total. The van der Waals surface area contributed by atoms with Gasteiger partial charge in [-0.1, -0.05) is 94.9 Å². The number of phosphoric acid groups is 1. The van der Waals surface area contributed by atoms with Crippen molar-refractivity contribution >= 4 is 55.1 Å². The van der Waals surface area contributed by atoms with Crippen LogP contribution in [0, 0.1) is 46.3 Å². The van der Waals surface area contributed by atoms with Crippen LogP contribution in [0.3, 0.4) is 0 Å². The minimum absolute atomic E-state index is 0.0414. The highest BCUT2D eigenvalue weighted by atomic mass is 31.2. The van der Waals surface area contributed by atoms with E-state index in [-0.39, 0.29) is 190 Å². The standard InChI is InChI=1S/C80H149N8O30P/c1-17-53(30-48(5)39-111-74-65(85-50(7)92)71(103)68(100)57(36-89)115-74)33-81-61(96)24-27-108-45-80(88-64(99)23-21-22-60(95)84-43-78(13,14)42-79(15,16)44-114-119(106,107)118-77(10,11)12,46-109-28-25-62(97)82-34-54(18-2)31-49(6)40-112-75-66(86-51(8)93)72(104)69(101)58(37-90)116-75)47-110-29-26-63(98)83-35-55(19-3)32-56(20-4)41-113-76-67(87-52(9)94)73(105)70(102)59(38-91)117-76/h48-49,53-59,65-76,89-91,100-105H,17-47H2,1-16H3,(H,81,96)(H,82,97)(H,83,98)(H,84,95)(H,85,92)(H,86,93)(H,87,94)(H,88,99)(H,106,107). The van der Waals surface area contributed by atoms with Gasteiger partial charge in [-0.2, -0.15) is 0 Å². The first-order chi connectivity index (χ1) is 55.8. The number of aliphatic hydroxyl groups excluding tert-OH is 9. The number of phosphoric ester groups is 1. The highest BCUT2D eigenvalue weighted by Gasteiger charge is 2.49. The van der Waals surface area contributed by atoms with Crippen molar-refractivity contribution in [2.45, 2.75) is 304 Å². The van der Waals surface area contributed by atoms with Crippen LogP contribution in [0.1, 0.15) is 201 Å². The third kappa shape index (κ3) is 41.7. The molecule has 3 heterocycles. The van der Waals surface area contributed by atoms with Gasteiger partial charge in [-0.15, -0.1) is 0 Å². The molecule has 8 amide bonds.